The van der Waals surface area contributed by atoms with Crippen molar-refractivity contribution in [1.82, 2.24) is 0 Å². The summed E-state index contributed by atoms with van der Waals surface area (Å²) in [6.45, 7) is 10.8. The second-order valence-electron chi connectivity index (χ2n) is 2.44. The highest BCUT2D eigenvalue weighted by atomic mass is 13.7. The maximum Gasteiger partial charge on any atom is 0 e. The lowest BCUT2D eigenvalue weighted by atomic mass is 10.3. The van der Waals surface area contributed by atoms with E-state index in [1.165, 1.54) is 6.42 Å². The molecule has 0 amide bonds. The number of rotatable bonds is 0. The van der Waals surface area contributed by atoms with E-state index in [4.69, 9.17) is 0 Å². The summed E-state index contributed by atoms with van der Waals surface area (Å²) >= 11 is 0. The van der Waals surface area contributed by atoms with Gasteiger partial charge in [0.25, 0.3) is 0 Å². The van der Waals surface area contributed by atoms with Crippen LogP contribution >= 0.6 is 0 Å². The van der Waals surface area contributed by atoms with Gasteiger partial charge >= 0.3 is 0 Å². The molecule has 0 aromatic rings. The van der Waals surface area contributed by atoms with Crippen LogP contribution in [0.3, 0.4) is 0 Å². The standard InChI is InChI=1S/C4H10.C3H8.3CH4.H2/c1-4(2)3;1-3-2;;;;/h4H,1-3H3;3H2,1-2H3;3*1H4;1H/i;;;;;1+1. The molecule has 0 aromatic carbocycles. The first-order valence-electron chi connectivity index (χ1n) is 3.15. The van der Waals surface area contributed by atoms with Crippen molar-refractivity contribution in [2.45, 2.75) is 63.3 Å². The number of hydrogen-bond acceptors (Lipinski definition) is 0. The first-order chi connectivity index (χ1) is 3.15. The normalized spacial score (nSPS) is 5.40. The monoisotopic (exact) mass is 153 g/mol. The molecule has 0 unspecified atom stereocenters. The molecule has 0 saturated carbocycles. The Morgan fingerprint density at radius 1 is 0.900 bits per heavy atom. The maximum atomic E-state index is 2.17. The summed E-state index contributed by atoms with van der Waals surface area (Å²) < 4.78 is 0. The largest absolute Gasteiger partial charge is 0.0776 e. The molecule has 0 saturated heterocycles. The minimum Gasteiger partial charge on any atom is -0.0776 e. The SMILES string of the molecule is C.C.C.CC(C)C.CCC.[2HH]. The van der Waals surface area contributed by atoms with Crippen molar-refractivity contribution >= 4 is 0 Å². The molecule has 0 aliphatic rings. The van der Waals surface area contributed by atoms with Gasteiger partial charge in [-0.2, -0.15) is 0 Å². The van der Waals surface area contributed by atoms with Gasteiger partial charge in [-0.15, -0.1) is 0 Å². The Balaban J connectivity index is -0.00000000848. The highest BCUT2D eigenvalue weighted by Crippen LogP contribution is 1.81. The van der Waals surface area contributed by atoms with Crippen LogP contribution in [0.4, 0.5) is 0 Å². The third kappa shape index (κ3) is 0. The third-order valence-corrected chi connectivity index (χ3v) is 0. The lowest BCUT2D eigenvalue weighted by Crippen LogP contribution is -1.66. The van der Waals surface area contributed by atoms with Gasteiger partial charge in [0.05, 0.1) is 0 Å². The summed E-state index contributed by atoms with van der Waals surface area (Å²) in [5.41, 5.74) is 0. The van der Waals surface area contributed by atoms with E-state index in [-0.39, 0.29) is 23.7 Å². The minimum absolute atomic E-state index is 0. The van der Waals surface area contributed by atoms with Crippen LogP contribution in [0.1, 0.15) is 64.7 Å². The van der Waals surface area contributed by atoms with Gasteiger partial charge < -0.3 is 0 Å². The molecule has 0 aliphatic carbocycles. The predicted octanol–water partition coefficient (Wildman–Crippen LogP) is 5.23. The summed E-state index contributed by atoms with van der Waals surface area (Å²) in [6.07, 6.45) is 1.25. The second kappa shape index (κ2) is 36.0. The molecule has 0 rings (SSSR count). The van der Waals surface area contributed by atoms with E-state index in [1.54, 1.807) is 0 Å². The molecule has 0 heteroatoms. The molecule has 0 nitrogen and oxygen atoms in total. The molecule has 0 N–H and O–H groups in total. The molecule has 0 spiro atoms. The van der Waals surface area contributed by atoms with Gasteiger partial charge in [0, 0.05) is 1.43 Å². The molecule has 0 atom stereocenters. The van der Waals surface area contributed by atoms with Crippen molar-refractivity contribution in [3.63, 3.8) is 0 Å². The Morgan fingerprint density at radius 3 is 0.900 bits per heavy atom. The quantitative estimate of drug-likeness (QED) is 0.447. The minimum atomic E-state index is 0. The van der Waals surface area contributed by atoms with Gasteiger partial charge in [-0.25, -0.2) is 0 Å². The van der Waals surface area contributed by atoms with Crippen molar-refractivity contribution in [2.75, 3.05) is 0 Å². The fraction of sp³-hybridized carbons (Fsp3) is 1.00. The van der Waals surface area contributed by atoms with E-state index in [0.717, 1.165) is 5.92 Å². The van der Waals surface area contributed by atoms with E-state index in [0.29, 0.717) is 0 Å². The van der Waals surface area contributed by atoms with E-state index >= 15 is 0 Å². The van der Waals surface area contributed by atoms with Crippen LogP contribution < -0.4 is 0 Å². The van der Waals surface area contributed by atoms with E-state index < -0.39 is 0 Å². The Labute approximate surface area is 71.5 Å². The molecule has 0 aliphatic heterocycles. The molecule has 0 aromatic heterocycles. The van der Waals surface area contributed by atoms with Crippen molar-refractivity contribution in [3.05, 3.63) is 0 Å². The summed E-state index contributed by atoms with van der Waals surface area (Å²) in [7, 11) is 0. The second-order valence-corrected chi connectivity index (χ2v) is 2.44. The average Bonchev–Trinajstić information content (AvgIpc) is 1.33. The topological polar surface area (TPSA) is 0 Å². The Bertz CT molecular complexity index is 16.1. The van der Waals surface area contributed by atoms with Crippen molar-refractivity contribution in [1.29, 1.82) is 0 Å². The Morgan fingerprint density at radius 2 is 0.900 bits per heavy atom. The summed E-state index contributed by atoms with van der Waals surface area (Å²) in [5, 5.41) is 0. The van der Waals surface area contributed by atoms with E-state index in [1.807, 2.05) is 0 Å². The molecule has 0 bridgehead atoms. The zero-order valence-corrected chi connectivity index (χ0v) is 6.28. The molecular weight excluding hydrogens is 120 g/mol. The maximum absolute atomic E-state index is 2.17. The first kappa shape index (κ1) is 32.4. The van der Waals surface area contributed by atoms with Crippen LogP contribution in [0.15, 0.2) is 0 Å². The lowest BCUT2D eigenvalue weighted by Gasteiger charge is -1.79. The summed E-state index contributed by atoms with van der Waals surface area (Å²) in [4.78, 5) is 0. The van der Waals surface area contributed by atoms with Crippen molar-refractivity contribution < 1.29 is 1.43 Å². The molecule has 0 fully saturated rings. The molecule has 72 valence electrons. The van der Waals surface area contributed by atoms with Crippen LogP contribution in [0, 0.1) is 5.92 Å². The fourth-order valence-electron chi connectivity index (χ4n) is 0. The van der Waals surface area contributed by atoms with Gasteiger partial charge in [-0.1, -0.05) is 63.3 Å². The lowest BCUT2D eigenvalue weighted by molar-refractivity contribution is 0.737. The Hall–Kier alpha value is 0. The van der Waals surface area contributed by atoms with Crippen LogP contribution in [0.5, 0.6) is 0 Å². The first-order valence-corrected chi connectivity index (χ1v) is 3.15. The van der Waals surface area contributed by atoms with Crippen molar-refractivity contribution in [2.24, 2.45) is 5.92 Å². The highest BCUT2D eigenvalue weighted by molar-refractivity contribution is 4.20. The summed E-state index contributed by atoms with van der Waals surface area (Å²) in [6, 6.07) is 0. The van der Waals surface area contributed by atoms with E-state index in [2.05, 4.69) is 34.6 Å². The van der Waals surface area contributed by atoms with Gasteiger partial charge in [0.2, 0.25) is 0 Å². The predicted molar refractivity (Wildman–Crippen MR) is 58.8 cm³/mol. The Kier molecular flexibility index (Phi) is 117. The third-order valence-electron chi connectivity index (χ3n) is 0. The molecular formula is C10H32. The van der Waals surface area contributed by atoms with Crippen LogP contribution in [0.25, 0.3) is 0 Å². The van der Waals surface area contributed by atoms with E-state index in [9.17, 15) is 0 Å². The highest BCUT2D eigenvalue weighted by Gasteiger charge is 1.68. The van der Waals surface area contributed by atoms with Gasteiger partial charge in [0.15, 0.2) is 0 Å². The smallest absolute Gasteiger partial charge is 0 e. The zero-order valence-electron chi connectivity index (χ0n) is 6.28. The van der Waals surface area contributed by atoms with Crippen LogP contribution in [0.2, 0.25) is 0 Å². The van der Waals surface area contributed by atoms with Gasteiger partial charge in [-0.3, -0.25) is 0 Å². The fourth-order valence-corrected chi connectivity index (χ4v) is 0. The van der Waals surface area contributed by atoms with Crippen LogP contribution in [-0.2, 0) is 0 Å². The summed E-state index contributed by atoms with van der Waals surface area (Å²) in [5.74, 6) is 0.833. The average molecular weight is 153 g/mol. The van der Waals surface area contributed by atoms with Crippen LogP contribution in [-0.4, -0.2) is 0 Å². The molecule has 0 radical (unpaired) electrons. The van der Waals surface area contributed by atoms with Gasteiger partial charge in [0.1, 0.15) is 0 Å². The zero-order chi connectivity index (χ0) is 6.28. The van der Waals surface area contributed by atoms with Crippen molar-refractivity contribution in [3.8, 4) is 0 Å². The van der Waals surface area contributed by atoms with Gasteiger partial charge in [-0.05, 0) is 5.92 Å². The number of hydrogen-bond donors (Lipinski definition) is 0. The molecule has 10 heavy (non-hydrogen) atoms. The molecule has 0 heterocycles.